The number of nitrogens with zero attached hydrogens (tertiary/aromatic N) is 2. The van der Waals surface area contributed by atoms with Crippen molar-refractivity contribution in [3.8, 4) is 0 Å². The minimum absolute atomic E-state index is 0.0325. The fraction of sp³-hybridized carbons (Fsp3) is 0.0667. The second-order valence-electron chi connectivity index (χ2n) is 4.97. The standard InChI is InChI=1S/C15H8Br2N2O5S/c16-11-5-10(24-13(11)17)6-12-14(20)18(15(21)25-12)7-8-2-1-3-9(4-8)19(22)23/h1-6H,7H2/b12-6-. The maximum absolute atomic E-state index is 12.5. The lowest BCUT2D eigenvalue weighted by atomic mass is 10.2. The van der Waals surface area contributed by atoms with Gasteiger partial charge in [-0.1, -0.05) is 12.1 Å². The molecule has 1 saturated heterocycles. The van der Waals surface area contributed by atoms with E-state index in [1.54, 1.807) is 12.1 Å². The Balaban J connectivity index is 1.82. The lowest BCUT2D eigenvalue weighted by Gasteiger charge is -2.12. The predicted molar refractivity (Wildman–Crippen MR) is 98.7 cm³/mol. The van der Waals surface area contributed by atoms with Crippen LogP contribution in [0.15, 0.2) is 48.8 Å². The van der Waals surface area contributed by atoms with Crippen LogP contribution in [-0.2, 0) is 11.3 Å². The fourth-order valence-electron chi connectivity index (χ4n) is 2.15. The minimum atomic E-state index is -0.524. The summed E-state index contributed by atoms with van der Waals surface area (Å²) in [6, 6.07) is 7.50. The van der Waals surface area contributed by atoms with Crippen LogP contribution in [0.3, 0.4) is 0 Å². The largest absolute Gasteiger partial charge is 0.449 e. The van der Waals surface area contributed by atoms with E-state index in [0.717, 1.165) is 16.7 Å². The molecule has 1 aliphatic heterocycles. The summed E-state index contributed by atoms with van der Waals surface area (Å²) in [4.78, 5) is 36.2. The Morgan fingerprint density at radius 3 is 2.68 bits per heavy atom. The summed E-state index contributed by atoms with van der Waals surface area (Å²) in [5.74, 6) is -0.0512. The van der Waals surface area contributed by atoms with Gasteiger partial charge in [-0.15, -0.1) is 0 Å². The van der Waals surface area contributed by atoms with Crippen LogP contribution in [0.25, 0.3) is 6.08 Å². The van der Waals surface area contributed by atoms with Gasteiger partial charge in [0.25, 0.3) is 16.8 Å². The van der Waals surface area contributed by atoms with Crippen LogP contribution >= 0.6 is 43.6 Å². The van der Waals surface area contributed by atoms with Crippen LogP contribution in [0.4, 0.5) is 10.5 Å². The van der Waals surface area contributed by atoms with E-state index in [9.17, 15) is 19.7 Å². The van der Waals surface area contributed by atoms with Gasteiger partial charge in [0, 0.05) is 18.2 Å². The molecule has 10 heteroatoms. The van der Waals surface area contributed by atoms with Gasteiger partial charge in [-0.3, -0.25) is 24.6 Å². The number of non-ortho nitro benzene ring substituents is 1. The third kappa shape index (κ3) is 3.86. The molecule has 0 spiro atoms. The highest BCUT2D eigenvalue weighted by atomic mass is 79.9. The number of furan rings is 1. The van der Waals surface area contributed by atoms with Crippen molar-refractivity contribution in [2.24, 2.45) is 0 Å². The molecule has 0 aliphatic carbocycles. The average molecular weight is 488 g/mol. The van der Waals surface area contributed by atoms with Crippen molar-refractivity contribution in [1.82, 2.24) is 4.90 Å². The Hall–Kier alpha value is -1.91. The zero-order valence-corrected chi connectivity index (χ0v) is 16.3. The first-order valence-electron chi connectivity index (χ1n) is 6.78. The predicted octanol–water partition coefficient (Wildman–Crippen LogP) is 4.95. The first-order valence-corrected chi connectivity index (χ1v) is 9.19. The van der Waals surface area contributed by atoms with E-state index in [-0.39, 0.29) is 17.1 Å². The van der Waals surface area contributed by atoms with E-state index in [2.05, 4.69) is 31.9 Å². The Kier molecular flexibility index (Phi) is 5.11. The molecule has 0 radical (unpaired) electrons. The minimum Gasteiger partial charge on any atom is -0.449 e. The molecule has 2 heterocycles. The first-order chi connectivity index (χ1) is 11.8. The molecule has 0 unspecified atom stereocenters. The van der Waals surface area contributed by atoms with Gasteiger partial charge in [0.15, 0.2) is 4.67 Å². The molecule has 0 bridgehead atoms. The molecule has 2 aromatic rings. The van der Waals surface area contributed by atoms with E-state index >= 15 is 0 Å². The molecular weight excluding hydrogens is 480 g/mol. The number of hydrogen-bond acceptors (Lipinski definition) is 6. The summed E-state index contributed by atoms with van der Waals surface area (Å²) in [5, 5.41) is 10.4. The monoisotopic (exact) mass is 486 g/mol. The van der Waals surface area contributed by atoms with Crippen molar-refractivity contribution < 1.29 is 18.9 Å². The number of imide groups is 1. The van der Waals surface area contributed by atoms with E-state index in [1.165, 1.54) is 24.3 Å². The number of amides is 2. The molecule has 128 valence electrons. The maximum Gasteiger partial charge on any atom is 0.293 e. The van der Waals surface area contributed by atoms with E-state index in [1.807, 2.05) is 0 Å². The second-order valence-corrected chi connectivity index (χ2v) is 7.53. The normalized spacial score (nSPS) is 16.1. The van der Waals surface area contributed by atoms with Crippen molar-refractivity contribution in [3.05, 3.63) is 65.8 Å². The van der Waals surface area contributed by atoms with Crippen molar-refractivity contribution in [2.75, 3.05) is 0 Å². The molecule has 0 N–H and O–H groups in total. The molecule has 1 fully saturated rings. The van der Waals surface area contributed by atoms with Crippen molar-refractivity contribution in [2.45, 2.75) is 6.54 Å². The van der Waals surface area contributed by atoms with Crippen LogP contribution in [0.5, 0.6) is 0 Å². The molecule has 25 heavy (non-hydrogen) atoms. The second kappa shape index (κ2) is 7.14. The summed E-state index contributed by atoms with van der Waals surface area (Å²) in [5.41, 5.74) is 0.409. The highest BCUT2D eigenvalue weighted by molar-refractivity contribution is 9.13. The van der Waals surface area contributed by atoms with E-state index in [0.29, 0.717) is 20.5 Å². The third-order valence-electron chi connectivity index (χ3n) is 3.27. The van der Waals surface area contributed by atoms with Crippen LogP contribution in [-0.4, -0.2) is 21.0 Å². The molecule has 0 saturated carbocycles. The number of rotatable bonds is 4. The number of hydrogen-bond donors (Lipinski definition) is 0. The maximum atomic E-state index is 12.5. The van der Waals surface area contributed by atoms with E-state index in [4.69, 9.17) is 4.42 Å². The van der Waals surface area contributed by atoms with Crippen molar-refractivity contribution >= 4 is 66.5 Å². The summed E-state index contributed by atoms with van der Waals surface area (Å²) in [7, 11) is 0. The zero-order chi connectivity index (χ0) is 18.1. The van der Waals surface area contributed by atoms with Gasteiger partial charge in [0.05, 0.1) is 20.8 Å². The number of nitro benzene ring substituents is 1. The SMILES string of the molecule is O=C1S/C(=C\c2cc(Br)c(Br)o2)C(=O)N1Cc1cccc([N+](=O)[O-])c1. The van der Waals surface area contributed by atoms with Gasteiger partial charge in [-0.05, 0) is 55.3 Å². The summed E-state index contributed by atoms with van der Waals surface area (Å²) in [6.45, 7) is -0.0325. The Morgan fingerprint density at radius 1 is 1.28 bits per heavy atom. The first kappa shape index (κ1) is 17.9. The van der Waals surface area contributed by atoms with Gasteiger partial charge in [0.2, 0.25) is 0 Å². The number of carbonyl (C=O) groups is 2. The third-order valence-corrected chi connectivity index (χ3v) is 5.89. The summed E-state index contributed by atoms with van der Waals surface area (Å²) in [6.07, 6.45) is 1.48. The van der Waals surface area contributed by atoms with Gasteiger partial charge < -0.3 is 4.42 Å². The van der Waals surface area contributed by atoms with Crippen LogP contribution in [0.2, 0.25) is 0 Å². The van der Waals surface area contributed by atoms with E-state index < -0.39 is 16.1 Å². The van der Waals surface area contributed by atoms with Crippen LogP contribution in [0, 0.1) is 10.1 Å². The Bertz CT molecular complexity index is 905. The smallest absolute Gasteiger partial charge is 0.293 e. The quantitative estimate of drug-likeness (QED) is 0.344. The molecular formula is C15H8Br2N2O5S. The number of nitro groups is 1. The molecule has 7 nitrogen and oxygen atoms in total. The molecule has 1 aliphatic rings. The molecule has 3 rings (SSSR count). The van der Waals surface area contributed by atoms with Crippen LogP contribution in [0.1, 0.15) is 11.3 Å². The van der Waals surface area contributed by atoms with Gasteiger partial charge in [-0.25, -0.2) is 0 Å². The molecule has 1 aromatic carbocycles. The Labute approximate surface area is 162 Å². The lowest BCUT2D eigenvalue weighted by molar-refractivity contribution is -0.384. The lowest BCUT2D eigenvalue weighted by Crippen LogP contribution is -2.27. The fourth-order valence-corrected chi connectivity index (χ4v) is 3.58. The number of halogens is 2. The molecule has 1 aromatic heterocycles. The summed E-state index contributed by atoms with van der Waals surface area (Å²) >= 11 is 7.27. The zero-order valence-electron chi connectivity index (χ0n) is 12.3. The highest BCUT2D eigenvalue weighted by Crippen LogP contribution is 2.35. The van der Waals surface area contributed by atoms with Gasteiger partial charge >= 0.3 is 0 Å². The van der Waals surface area contributed by atoms with Crippen molar-refractivity contribution in [3.63, 3.8) is 0 Å². The number of benzene rings is 1. The highest BCUT2D eigenvalue weighted by Gasteiger charge is 2.35. The van der Waals surface area contributed by atoms with Crippen LogP contribution < -0.4 is 0 Å². The topological polar surface area (TPSA) is 93.7 Å². The Morgan fingerprint density at radius 2 is 2.04 bits per heavy atom. The van der Waals surface area contributed by atoms with Gasteiger partial charge in [0.1, 0.15) is 5.76 Å². The van der Waals surface area contributed by atoms with Crippen molar-refractivity contribution in [1.29, 1.82) is 0 Å². The number of carbonyl (C=O) groups excluding carboxylic acids is 2. The van der Waals surface area contributed by atoms with Gasteiger partial charge in [-0.2, -0.15) is 0 Å². The summed E-state index contributed by atoms with van der Waals surface area (Å²) < 4.78 is 6.55. The molecule has 2 amide bonds. The average Bonchev–Trinajstić information content (AvgIpc) is 3.01. The molecule has 0 atom stereocenters. The number of thioether (sulfide) groups is 1.